The first-order valence-corrected chi connectivity index (χ1v) is 4.36. The molecule has 0 aliphatic heterocycles. The largest absolute Gasteiger partial charge is 0.505 e. The van der Waals surface area contributed by atoms with Gasteiger partial charge in [-0.15, -0.1) is 12.4 Å². The van der Waals surface area contributed by atoms with Gasteiger partial charge in [0, 0.05) is 11.6 Å². The van der Waals surface area contributed by atoms with Crippen LogP contribution in [0, 0.1) is 5.82 Å². The Kier molecular flexibility index (Phi) is 5.77. The van der Waals surface area contributed by atoms with Crippen LogP contribution < -0.4 is 5.73 Å². The number of hydrogen-bond donors (Lipinski definition) is 2. The smallest absolute Gasteiger partial charge is 0.307 e. The summed E-state index contributed by atoms with van der Waals surface area (Å²) in [4.78, 5) is 10.9. The molecule has 6 heteroatoms. The van der Waals surface area contributed by atoms with Gasteiger partial charge in [-0.3, -0.25) is 4.79 Å². The molecule has 0 amide bonds. The van der Waals surface area contributed by atoms with Crippen molar-refractivity contribution in [2.45, 2.75) is 12.5 Å². The molecule has 1 rings (SSSR count). The zero-order valence-electron chi connectivity index (χ0n) is 8.64. The minimum absolute atomic E-state index is 0. The number of aromatic hydroxyl groups is 1. The molecule has 3 N–H and O–H groups in total. The summed E-state index contributed by atoms with van der Waals surface area (Å²) >= 11 is 0. The molecular formula is C10H13ClFNO3. The number of methoxy groups -OCH3 is 1. The van der Waals surface area contributed by atoms with E-state index in [4.69, 9.17) is 5.73 Å². The lowest BCUT2D eigenvalue weighted by atomic mass is 10.0. The van der Waals surface area contributed by atoms with Crippen LogP contribution in [-0.2, 0) is 9.53 Å². The van der Waals surface area contributed by atoms with Crippen molar-refractivity contribution in [1.82, 2.24) is 0 Å². The van der Waals surface area contributed by atoms with E-state index in [0.717, 1.165) is 6.07 Å². The number of nitrogens with two attached hydrogens (primary N) is 1. The molecule has 0 unspecified atom stereocenters. The van der Waals surface area contributed by atoms with Gasteiger partial charge in [0.15, 0.2) is 11.6 Å². The molecule has 0 heterocycles. The van der Waals surface area contributed by atoms with Gasteiger partial charge < -0.3 is 15.6 Å². The van der Waals surface area contributed by atoms with Crippen LogP contribution >= 0.6 is 12.4 Å². The zero-order chi connectivity index (χ0) is 11.4. The van der Waals surface area contributed by atoms with Crippen LogP contribution in [0.4, 0.5) is 4.39 Å². The second kappa shape index (κ2) is 6.30. The average molecular weight is 250 g/mol. The predicted octanol–water partition coefficient (Wildman–Crippen LogP) is 1.52. The topological polar surface area (TPSA) is 72.5 Å². The normalized spacial score (nSPS) is 11.4. The fourth-order valence-corrected chi connectivity index (χ4v) is 1.20. The first-order valence-electron chi connectivity index (χ1n) is 4.36. The van der Waals surface area contributed by atoms with Crippen LogP contribution in [0.15, 0.2) is 18.2 Å². The number of halogens is 2. The number of rotatable bonds is 3. The second-order valence-electron chi connectivity index (χ2n) is 3.06. The molecule has 1 aromatic rings. The van der Waals surface area contributed by atoms with Gasteiger partial charge in [0.2, 0.25) is 0 Å². The molecule has 0 saturated carbocycles. The highest BCUT2D eigenvalue weighted by Crippen LogP contribution is 2.27. The number of carbonyl (C=O) groups is 1. The number of esters is 1. The van der Waals surface area contributed by atoms with Crippen LogP contribution in [0.3, 0.4) is 0 Å². The molecule has 0 radical (unpaired) electrons. The lowest BCUT2D eigenvalue weighted by Crippen LogP contribution is -2.16. The third kappa shape index (κ3) is 3.36. The highest BCUT2D eigenvalue weighted by Gasteiger charge is 2.17. The Morgan fingerprint density at radius 2 is 2.25 bits per heavy atom. The second-order valence-corrected chi connectivity index (χ2v) is 3.06. The van der Waals surface area contributed by atoms with Crippen LogP contribution in [0.1, 0.15) is 18.0 Å². The third-order valence-electron chi connectivity index (χ3n) is 2.03. The maximum Gasteiger partial charge on any atom is 0.307 e. The lowest BCUT2D eigenvalue weighted by Gasteiger charge is -2.12. The summed E-state index contributed by atoms with van der Waals surface area (Å²) in [6.07, 6.45) is -0.104. The van der Waals surface area contributed by atoms with Gasteiger partial charge in [0.05, 0.1) is 13.5 Å². The van der Waals surface area contributed by atoms with Crippen molar-refractivity contribution in [3.63, 3.8) is 0 Å². The van der Waals surface area contributed by atoms with Gasteiger partial charge in [0.25, 0.3) is 0 Å². The zero-order valence-corrected chi connectivity index (χ0v) is 9.46. The molecule has 0 saturated heterocycles. The highest BCUT2D eigenvalue weighted by molar-refractivity contribution is 5.85. The van der Waals surface area contributed by atoms with Crippen molar-refractivity contribution in [3.8, 4) is 5.75 Å². The highest BCUT2D eigenvalue weighted by atomic mass is 35.5. The quantitative estimate of drug-likeness (QED) is 0.797. The fraction of sp³-hybridized carbons (Fsp3) is 0.300. The number of phenolic OH excluding ortho intramolecular Hbond substituents is 1. The van der Waals surface area contributed by atoms with E-state index in [1.807, 2.05) is 0 Å². The Morgan fingerprint density at radius 3 is 2.81 bits per heavy atom. The molecule has 90 valence electrons. The standard InChI is InChI=1S/C10H12FNO3.ClH/c1-15-9(13)5-8(12)6-3-2-4-7(11)10(6)14;/h2-4,8,14H,5,12H2,1H3;1H/t8-;/m0./s1. The van der Waals surface area contributed by atoms with Crippen LogP contribution in [-0.4, -0.2) is 18.2 Å². The van der Waals surface area contributed by atoms with Gasteiger partial charge in [-0.25, -0.2) is 4.39 Å². The molecule has 4 nitrogen and oxygen atoms in total. The average Bonchev–Trinajstić information content (AvgIpc) is 2.21. The van der Waals surface area contributed by atoms with Crippen molar-refractivity contribution < 1.29 is 19.0 Å². The number of hydrogen-bond acceptors (Lipinski definition) is 4. The van der Waals surface area contributed by atoms with Crippen molar-refractivity contribution >= 4 is 18.4 Å². The molecular weight excluding hydrogens is 237 g/mol. The Labute approximate surface area is 98.6 Å². The number of ether oxygens (including phenoxy) is 1. The van der Waals surface area contributed by atoms with Crippen molar-refractivity contribution in [2.75, 3.05) is 7.11 Å². The third-order valence-corrected chi connectivity index (χ3v) is 2.03. The van der Waals surface area contributed by atoms with Gasteiger partial charge >= 0.3 is 5.97 Å². The van der Waals surface area contributed by atoms with Crippen LogP contribution in [0.25, 0.3) is 0 Å². The summed E-state index contributed by atoms with van der Waals surface area (Å²) < 4.78 is 17.4. The summed E-state index contributed by atoms with van der Waals surface area (Å²) in [6.45, 7) is 0. The summed E-state index contributed by atoms with van der Waals surface area (Å²) in [7, 11) is 1.24. The Bertz CT molecular complexity index is 373. The molecule has 16 heavy (non-hydrogen) atoms. The molecule has 0 bridgehead atoms. The number of para-hydroxylation sites is 1. The van der Waals surface area contributed by atoms with Crippen molar-refractivity contribution in [1.29, 1.82) is 0 Å². The minimum Gasteiger partial charge on any atom is -0.505 e. The van der Waals surface area contributed by atoms with Crippen LogP contribution in [0.2, 0.25) is 0 Å². The van der Waals surface area contributed by atoms with Crippen LogP contribution in [0.5, 0.6) is 5.75 Å². The van der Waals surface area contributed by atoms with Gasteiger partial charge in [-0.1, -0.05) is 12.1 Å². The Balaban J connectivity index is 0.00000225. The number of phenols is 1. The van der Waals surface area contributed by atoms with E-state index in [9.17, 15) is 14.3 Å². The molecule has 0 aliphatic carbocycles. The first-order chi connectivity index (χ1) is 7.06. The van der Waals surface area contributed by atoms with E-state index < -0.39 is 23.6 Å². The fourth-order valence-electron chi connectivity index (χ4n) is 1.20. The summed E-state index contributed by atoms with van der Waals surface area (Å²) in [6, 6.07) is 3.23. The molecule has 1 atom stereocenters. The van der Waals surface area contributed by atoms with E-state index in [1.54, 1.807) is 0 Å². The summed E-state index contributed by atoms with van der Waals surface area (Å²) in [5.41, 5.74) is 5.81. The van der Waals surface area contributed by atoms with E-state index >= 15 is 0 Å². The lowest BCUT2D eigenvalue weighted by molar-refractivity contribution is -0.141. The molecule has 1 aromatic carbocycles. The van der Waals surface area contributed by atoms with E-state index in [1.165, 1.54) is 19.2 Å². The van der Waals surface area contributed by atoms with E-state index in [-0.39, 0.29) is 24.4 Å². The van der Waals surface area contributed by atoms with E-state index in [0.29, 0.717) is 0 Å². The summed E-state index contributed by atoms with van der Waals surface area (Å²) in [5.74, 6) is -1.78. The van der Waals surface area contributed by atoms with Crippen molar-refractivity contribution in [3.05, 3.63) is 29.6 Å². The molecule has 0 aromatic heterocycles. The molecule has 0 spiro atoms. The first kappa shape index (κ1) is 14.7. The number of benzene rings is 1. The maximum atomic E-state index is 12.9. The van der Waals surface area contributed by atoms with Gasteiger partial charge in [-0.05, 0) is 6.07 Å². The van der Waals surface area contributed by atoms with Gasteiger partial charge in [0.1, 0.15) is 0 Å². The molecule has 0 aliphatic rings. The van der Waals surface area contributed by atoms with Crippen molar-refractivity contribution in [2.24, 2.45) is 5.73 Å². The maximum absolute atomic E-state index is 12.9. The predicted molar refractivity (Wildman–Crippen MR) is 58.9 cm³/mol. The Morgan fingerprint density at radius 1 is 1.62 bits per heavy atom. The Hall–Kier alpha value is -1.33. The molecule has 0 fully saturated rings. The van der Waals surface area contributed by atoms with E-state index in [2.05, 4.69) is 4.74 Å². The minimum atomic E-state index is -0.770. The number of carbonyl (C=O) groups excluding carboxylic acids is 1. The summed E-state index contributed by atoms with van der Waals surface area (Å²) in [5, 5.41) is 9.35. The SMILES string of the molecule is COC(=O)C[C@H](N)c1cccc(F)c1O.Cl. The van der Waals surface area contributed by atoms with Gasteiger partial charge in [-0.2, -0.15) is 0 Å². The monoisotopic (exact) mass is 249 g/mol.